The van der Waals surface area contributed by atoms with Gasteiger partial charge in [0, 0.05) is 7.05 Å². The Morgan fingerprint density at radius 1 is 0.708 bits per heavy atom. The van der Waals surface area contributed by atoms with Gasteiger partial charge in [0.1, 0.15) is 22.7 Å². The van der Waals surface area contributed by atoms with E-state index in [1.165, 1.54) is 7.05 Å². The molecule has 2 heterocycles. The number of benzene rings is 2. The zero-order valence-electron chi connectivity index (χ0n) is 24.1. The van der Waals surface area contributed by atoms with E-state index < -0.39 is 75.6 Å². The van der Waals surface area contributed by atoms with Crippen molar-refractivity contribution in [3.63, 3.8) is 0 Å². The molecule has 4 amide bonds. The minimum Gasteiger partial charge on any atom is -0.352 e. The van der Waals surface area contributed by atoms with E-state index >= 15 is 0 Å². The minimum atomic E-state index is -5.01. The Hall–Kier alpha value is -4.67. The maximum atomic E-state index is 13.0. The van der Waals surface area contributed by atoms with E-state index in [4.69, 9.17) is 10.5 Å². The van der Waals surface area contributed by atoms with Gasteiger partial charge in [-0.3, -0.25) is 0 Å². The summed E-state index contributed by atoms with van der Waals surface area (Å²) in [6.07, 6.45) is -19.7. The summed E-state index contributed by atoms with van der Waals surface area (Å²) in [6.45, 7) is -0.157. The number of H-pyrrole nitrogens is 2. The number of nitrogens with two attached hydrogens (primary N) is 3. The maximum absolute atomic E-state index is 13.0. The Balaban J connectivity index is 0.000000427. The average Bonchev–Trinajstić information content (AvgIpc) is 3.48. The van der Waals surface area contributed by atoms with Gasteiger partial charge in [-0.1, -0.05) is 0 Å². The number of urea groups is 2. The number of aromatic nitrogens is 4. The lowest BCUT2D eigenvalue weighted by molar-refractivity contribution is -0.143. The molecular weight excluding hydrogens is 710 g/mol. The SMILES string of the molecule is CN(Cc1nc2c(C(F)(F)F)cc(C(F)(F)F)cc2[nH]1)C(N)=O.CNCc1nc2c(C(F)(F)F)cc(C(F)(F)F)cc2[nH]1.Cl.NC(N)=O. The van der Waals surface area contributed by atoms with Crippen molar-refractivity contribution in [3.05, 3.63) is 58.2 Å². The van der Waals surface area contributed by atoms with Gasteiger partial charge in [-0.2, -0.15) is 52.7 Å². The molecule has 0 unspecified atom stereocenters. The number of carbonyl (C=O) groups is 2. The highest BCUT2D eigenvalue weighted by Crippen LogP contribution is 2.40. The highest BCUT2D eigenvalue weighted by Gasteiger charge is 2.40. The number of primary amides is 3. The predicted molar refractivity (Wildman–Crippen MR) is 147 cm³/mol. The summed E-state index contributed by atoms with van der Waals surface area (Å²) < 4.78 is 154. The second kappa shape index (κ2) is 15.0. The van der Waals surface area contributed by atoms with Crippen LogP contribution in [0.25, 0.3) is 22.1 Å². The highest BCUT2D eigenvalue weighted by atomic mass is 35.5. The van der Waals surface area contributed by atoms with Crippen LogP contribution in [0, 0.1) is 0 Å². The smallest absolute Gasteiger partial charge is 0.352 e. The minimum absolute atomic E-state index is 0. The Labute approximate surface area is 266 Å². The lowest BCUT2D eigenvalue weighted by Gasteiger charge is -2.12. The zero-order chi connectivity index (χ0) is 36.3. The molecule has 0 fully saturated rings. The molecule has 0 bridgehead atoms. The number of imidazole rings is 2. The molecular formula is C24H24ClF12N9O2. The first-order chi connectivity index (χ1) is 21.2. The van der Waals surface area contributed by atoms with Crippen LogP contribution in [0.5, 0.6) is 0 Å². The van der Waals surface area contributed by atoms with Crippen molar-refractivity contribution < 1.29 is 62.3 Å². The second-order valence-electron chi connectivity index (χ2n) is 9.32. The van der Waals surface area contributed by atoms with Crippen LogP contribution in [0.1, 0.15) is 33.9 Å². The van der Waals surface area contributed by atoms with Crippen LogP contribution in [0.15, 0.2) is 24.3 Å². The normalized spacial score (nSPS) is 12.0. The summed E-state index contributed by atoms with van der Waals surface area (Å²) in [5, 5.41) is 2.65. The third-order valence-electron chi connectivity index (χ3n) is 5.64. The molecule has 0 saturated heterocycles. The van der Waals surface area contributed by atoms with E-state index in [1.807, 2.05) is 0 Å². The molecule has 24 heteroatoms. The molecule has 0 saturated carbocycles. The lowest BCUT2D eigenvalue weighted by Crippen LogP contribution is -2.31. The fourth-order valence-corrected chi connectivity index (χ4v) is 3.73. The number of nitrogens with zero attached hydrogens (tertiary/aromatic N) is 3. The number of carbonyl (C=O) groups excluding carboxylic acids is 2. The molecule has 2 aromatic carbocycles. The average molecular weight is 734 g/mol. The summed E-state index contributed by atoms with van der Waals surface area (Å²) in [7, 11) is 2.81. The van der Waals surface area contributed by atoms with Crippen LogP contribution in [-0.2, 0) is 37.8 Å². The van der Waals surface area contributed by atoms with Crippen molar-refractivity contribution in [2.24, 2.45) is 17.2 Å². The van der Waals surface area contributed by atoms with Gasteiger partial charge in [0.25, 0.3) is 0 Å². The van der Waals surface area contributed by atoms with Gasteiger partial charge in [0.05, 0.1) is 46.4 Å². The topological polar surface area (TPSA) is 185 Å². The van der Waals surface area contributed by atoms with E-state index in [0.717, 1.165) is 4.90 Å². The molecule has 9 N–H and O–H groups in total. The summed E-state index contributed by atoms with van der Waals surface area (Å²) in [4.78, 5) is 33.0. The fraction of sp³-hybridized carbons (Fsp3) is 0.333. The molecule has 0 spiro atoms. The molecule has 4 rings (SSSR count). The van der Waals surface area contributed by atoms with Gasteiger partial charge in [0.15, 0.2) is 0 Å². The van der Waals surface area contributed by atoms with Gasteiger partial charge < -0.3 is 37.4 Å². The Morgan fingerprint density at radius 2 is 1.06 bits per heavy atom. The number of fused-ring (bicyclic) bond motifs is 2. The van der Waals surface area contributed by atoms with Gasteiger partial charge in [-0.05, 0) is 31.3 Å². The van der Waals surface area contributed by atoms with Crippen molar-refractivity contribution in [1.29, 1.82) is 0 Å². The van der Waals surface area contributed by atoms with Crippen LogP contribution in [0.2, 0.25) is 0 Å². The molecule has 0 aliphatic rings. The van der Waals surface area contributed by atoms with E-state index in [2.05, 4.69) is 36.7 Å². The maximum Gasteiger partial charge on any atom is 0.418 e. The van der Waals surface area contributed by atoms with Crippen LogP contribution >= 0.6 is 12.4 Å². The Kier molecular flexibility index (Phi) is 13.0. The molecule has 48 heavy (non-hydrogen) atoms. The van der Waals surface area contributed by atoms with Crippen molar-refractivity contribution >= 4 is 46.5 Å². The van der Waals surface area contributed by atoms with E-state index in [-0.39, 0.29) is 54.8 Å². The molecule has 11 nitrogen and oxygen atoms in total. The van der Waals surface area contributed by atoms with E-state index in [1.54, 1.807) is 7.05 Å². The first-order valence-electron chi connectivity index (χ1n) is 12.3. The molecule has 0 aliphatic carbocycles. The largest absolute Gasteiger partial charge is 0.418 e. The van der Waals surface area contributed by atoms with E-state index in [9.17, 15) is 57.5 Å². The van der Waals surface area contributed by atoms with Crippen molar-refractivity contribution in [1.82, 2.24) is 30.2 Å². The highest BCUT2D eigenvalue weighted by molar-refractivity contribution is 5.85. The van der Waals surface area contributed by atoms with Crippen LogP contribution < -0.4 is 22.5 Å². The number of hydrogen-bond donors (Lipinski definition) is 6. The van der Waals surface area contributed by atoms with Gasteiger partial charge in [-0.15, -0.1) is 12.4 Å². The van der Waals surface area contributed by atoms with Crippen LogP contribution in [-0.4, -0.2) is 51.0 Å². The quantitative estimate of drug-likeness (QED) is 0.143. The number of aromatic amines is 2. The van der Waals surface area contributed by atoms with Crippen molar-refractivity contribution in [2.45, 2.75) is 37.8 Å². The molecule has 268 valence electrons. The van der Waals surface area contributed by atoms with Crippen molar-refractivity contribution in [3.8, 4) is 0 Å². The third-order valence-corrected chi connectivity index (χ3v) is 5.64. The number of alkyl halides is 12. The fourth-order valence-electron chi connectivity index (χ4n) is 3.73. The number of halogens is 13. The molecule has 2 aromatic heterocycles. The molecule has 0 aliphatic heterocycles. The number of hydrogen-bond acceptors (Lipinski definition) is 5. The number of rotatable bonds is 4. The predicted octanol–water partition coefficient (Wildman–Crippen LogP) is 5.88. The number of nitrogens with one attached hydrogen (secondary N) is 3. The van der Waals surface area contributed by atoms with Crippen molar-refractivity contribution in [2.75, 3.05) is 14.1 Å². The first-order valence-corrected chi connectivity index (χ1v) is 12.3. The lowest BCUT2D eigenvalue weighted by atomic mass is 10.1. The molecule has 0 radical (unpaired) electrons. The summed E-state index contributed by atoms with van der Waals surface area (Å²) in [5.74, 6) is 0.0125. The van der Waals surface area contributed by atoms with Crippen LogP contribution in [0.3, 0.4) is 0 Å². The molecule has 4 aromatic rings. The second-order valence-corrected chi connectivity index (χ2v) is 9.32. The van der Waals surface area contributed by atoms with E-state index in [0.29, 0.717) is 12.1 Å². The van der Waals surface area contributed by atoms with Gasteiger partial charge in [0.2, 0.25) is 0 Å². The van der Waals surface area contributed by atoms with Gasteiger partial charge >= 0.3 is 36.8 Å². The summed E-state index contributed by atoms with van der Waals surface area (Å²) in [6, 6.07) is -0.462. The van der Waals surface area contributed by atoms with Gasteiger partial charge in [-0.25, -0.2) is 19.6 Å². The summed E-state index contributed by atoms with van der Waals surface area (Å²) >= 11 is 0. The Morgan fingerprint density at radius 3 is 1.38 bits per heavy atom. The standard InChI is InChI=1S/C12H10F6N4O.C11H9F6N3.CH4N2O.ClH/c1-22(10(19)23)4-8-20-7-3-5(11(13,14)15)2-6(9(7)21-8)12(16,17)18;1-18-4-8-19-7-3-5(10(12,13)14)2-6(9(7)20-8)11(15,16)17;2-1(3)4;/h2-3H,4H2,1H3,(H2,19,23)(H,20,21);2-3,18H,4H2,1H3,(H,19,20);(H4,2,3,4);1H. The molecule has 0 atom stereocenters. The summed E-state index contributed by atoms with van der Waals surface area (Å²) in [5.41, 5.74) is 5.86. The monoisotopic (exact) mass is 733 g/mol. The third kappa shape index (κ3) is 11.0. The first kappa shape index (κ1) is 41.4. The Bertz CT molecular complexity index is 1720. The zero-order valence-corrected chi connectivity index (χ0v) is 24.9. The van der Waals surface area contributed by atoms with Crippen LogP contribution in [0.4, 0.5) is 62.3 Å². The number of amides is 4.